The van der Waals surface area contributed by atoms with E-state index in [4.69, 9.17) is 5.84 Å². The quantitative estimate of drug-likeness (QED) is 0.406. The molecule has 0 atom stereocenters. The van der Waals surface area contributed by atoms with Gasteiger partial charge in [0.1, 0.15) is 5.82 Å². The number of halogens is 2. The number of aromatic nitrogens is 2. The maximum atomic E-state index is 14.4. The van der Waals surface area contributed by atoms with Gasteiger partial charge in [-0.2, -0.15) is 5.10 Å². The maximum Gasteiger partial charge on any atom is 0.241 e. The predicted molar refractivity (Wildman–Crippen MR) is 100 cm³/mol. The molecule has 3 N–H and O–H groups in total. The van der Waals surface area contributed by atoms with Crippen molar-refractivity contribution in [1.29, 1.82) is 0 Å². The van der Waals surface area contributed by atoms with E-state index in [1.54, 1.807) is 24.3 Å². The molecule has 4 rings (SSSR count). The van der Waals surface area contributed by atoms with Crippen LogP contribution >= 0.6 is 0 Å². The summed E-state index contributed by atoms with van der Waals surface area (Å²) in [6.45, 7) is 0. The Morgan fingerprint density at radius 1 is 1.22 bits per heavy atom. The number of carbonyl (C=O) groups is 1. The van der Waals surface area contributed by atoms with Crippen molar-refractivity contribution < 1.29 is 13.6 Å². The van der Waals surface area contributed by atoms with Crippen LogP contribution in [-0.2, 0) is 4.79 Å². The molecule has 1 heterocycles. The number of anilines is 1. The second-order valence-electron chi connectivity index (χ2n) is 6.75. The molecule has 0 saturated heterocycles. The molecule has 1 saturated carbocycles. The third kappa shape index (κ3) is 3.73. The van der Waals surface area contributed by atoms with E-state index in [0.717, 1.165) is 23.4 Å². The van der Waals surface area contributed by atoms with Gasteiger partial charge in [-0.3, -0.25) is 9.89 Å². The van der Waals surface area contributed by atoms with Crippen LogP contribution in [0.15, 0.2) is 36.4 Å². The van der Waals surface area contributed by atoms with Crippen LogP contribution < -0.4 is 10.9 Å². The van der Waals surface area contributed by atoms with Gasteiger partial charge in [0.05, 0.1) is 16.9 Å². The average molecular weight is 368 g/mol. The number of amides is 1. The fourth-order valence-electron chi connectivity index (χ4n) is 2.91. The summed E-state index contributed by atoms with van der Waals surface area (Å²) in [4.78, 5) is 12.2. The molecule has 7 heteroatoms. The Hall–Kier alpha value is -3.06. The van der Waals surface area contributed by atoms with Crippen LogP contribution in [0, 0.1) is 17.6 Å². The highest BCUT2D eigenvalue weighted by Gasteiger charge is 2.27. The van der Waals surface area contributed by atoms with Gasteiger partial charge in [0.2, 0.25) is 5.91 Å². The SMILES string of the molecule is NN(C(=O)CC1CC1)c1cc2c(/C=C/c3ccc(F)cc3)n[nH]c2cc1F. The zero-order valence-corrected chi connectivity index (χ0v) is 14.5. The number of nitrogens with one attached hydrogen (secondary N) is 1. The normalized spacial score (nSPS) is 14.2. The number of hydrogen-bond donors (Lipinski definition) is 2. The zero-order chi connectivity index (χ0) is 19.0. The van der Waals surface area contributed by atoms with Crippen molar-refractivity contribution in [2.24, 2.45) is 11.8 Å². The molecule has 0 aliphatic heterocycles. The Balaban J connectivity index is 1.64. The first kappa shape index (κ1) is 17.4. The second kappa shape index (κ2) is 6.92. The van der Waals surface area contributed by atoms with E-state index in [-0.39, 0.29) is 17.4 Å². The van der Waals surface area contributed by atoms with Crippen LogP contribution in [0.2, 0.25) is 0 Å². The van der Waals surface area contributed by atoms with Gasteiger partial charge in [0, 0.05) is 17.9 Å². The van der Waals surface area contributed by atoms with Gasteiger partial charge in [0.25, 0.3) is 0 Å². The van der Waals surface area contributed by atoms with E-state index in [9.17, 15) is 13.6 Å². The van der Waals surface area contributed by atoms with Crippen LogP contribution in [0.4, 0.5) is 14.5 Å². The van der Waals surface area contributed by atoms with Gasteiger partial charge >= 0.3 is 0 Å². The number of rotatable bonds is 5. The summed E-state index contributed by atoms with van der Waals surface area (Å²) < 4.78 is 27.4. The number of H-pyrrole nitrogens is 1. The predicted octanol–water partition coefficient (Wildman–Crippen LogP) is 4.02. The van der Waals surface area contributed by atoms with Crippen molar-refractivity contribution in [3.63, 3.8) is 0 Å². The van der Waals surface area contributed by atoms with Crippen molar-refractivity contribution in [2.75, 3.05) is 5.01 Å². The summed E-state index contributed by atoms with van der Waals surface area (Å²) in [7, 11) is 0. The van der Waals surface area contributed by atoms with E-state index in [2.05, 4.69) is 10.2 Å². The van der Waals surface area contributed by atoms with Crippen molar-refractivity contribution in [2.45, 2.75) is 19.3 Å². The Kier molecular flexibility index (Phi) is 4.45. The number of nitrogens with zero attached hydrogens (tertiary/aromatic N) is 2. The molecule has 1 aromatic heterocycles. The number of nitrogens with two attached hydrogens (primary N) is 1. The van der Waals surface area contributed by atoms with Crippen molar-refractivity contribution in [3.05, 3.63) is 59.3 Å². The topological polar surface area (TPSA) is 75.0 Å². The van der Waals surface area contributed by atoms with E-state index < -0.39 is 5.82 Å². The Labute approximate surface area is 154 Å². The Morgan fingerprint density at radius 3 is 2.67 bits per heavy atom. The van der Waals surface area contributed by atoms with Crippen molar-refractivity contribution >= 4 is 34.6 Å². The fraction of sp³-hybridized carbons (Fsp3) is 0.200. The number of hydrogen-bond acceptors (Lipinski definition) is 3. The van der Waals surface area contributed by atoms with Gasteiger partial charge in [0.15, 0.2) is 5.82 Å². The van der Waals surface area contributed by atoms with Crippen LogP contribution in [0.5, 0.6) is 0 Å². The summed E-state index contributed by atoms with van der Waals surface area (Å²) in [5, 5.41) is 8.46. The maximum absolute atomic E-state index is 14.4. The summed E-state index contributed by atoms with van der Waals surface area (Å²) in [5.41, 5.74) is 1.89. The molecular formula is C20H18F2N4O. The average Bonchev–Trinajstić information content (AvgIpc) is 3.39. The zero-order valence-electron chi connectivity index (χ0n) is 14.5. The van der Waals surface area contributed by atoms with E-state index >= 15 is 0 Å². The lowest BCUT2D eigenvalue weighted by molar-refractivity contribution is -0.119. The lowest BCUT2D eigenvalue weighted by Gasteiger charge is -2.17. The molecule has 0 radical (unpaired) electrons. The molecule has 0 bridgehead atoms. The fourth-order valence-corrected chi connectivity index (χ4v) is 2.91. The van der Waals surface area contributed by atoms with Gasteiger partial charge in [-0.1, -0.05) is 18.2 Å². The molecular weight excluding hydrogens is 350 g/mol. The first-order chi connectivity index (χ1) is 13.0. The molecule has 138 valence electrons. The lowest BCUT2D eigenvalue weighted by atomic mass is 10.1. The molecule has 2 aromatic carbocycles. The minimum Gasteiger partial charge on any atom is -0.277 e. The summed E-state index contributed by atoms with van der Waals surface area (Å²) in [6.07, 6.45) is 5.87. The van der Waals surface area contributed by atoms with Gasteiger partial charge in [-0.25, -0.2) is 19.6 Å². The van der Waals surface area contributed by atoms with E-state index in [0.29, 0.717) is 28.9 Å². The van der Waals surface area contributed by atoms with Crippen LogP contribution in [0.3, 0.4) is 0 Å². The van der Waals surface area contributed by atoms with Crippen LogP contribution in [0.25, 0.3) is 23.1 Å². The van der Waals surface area contributed by atoms with Crippen molar-refractivity contribution in [3.8, 4) is 0 Å². The van der Waals surface area contributed by atoms with Crippen LogP contribution in [-0.4, -0.2) is 16.1 Å². The monoisotopic (exact) mass is 368 g/mol. The summed E-state index contributed by atoms with van der Waals surface area (Å²) in [5.74, 6) is 5.02. The molecule has 1 aliphatic rings. The molecule has 1 fully saturated rings. The second-order valence-corrected chi connectivity index (χ2v) is 6.75. The number of fused-ring (bicyclic) bond motifs is 1. The molecule has 27 heavy (non-hydrogen) atoms. The van der Waals surface area contributed by atoms with Crippen molar-refractivity contribution in [1.82, 2.24) is 10.2 Å². The number of carbonyl (C=O) groups excluding carboxylic acids is 1. The smallest absolute Gasteiger partial charge is 0.241 e. The summed E-state index contributed by atoms with van der Waals surface area (Å²) in [6, 6.07) is 8.81. The van der Waals surface area contributed by atoms with Crippen LogP contribution in [0.1, 0.15) is 30.5 Å². The first-order valence-electron chi connectivity index (χ1n) is 8.70. The van der Waals surface area contributed by atoms with Gasteiger partial charge < -0.3 is 0 Å². The number of benzene rings is 2. The van der Waals surface area contributed by atoms with E-state index in [1.807, 2.05) is 0 Å². The Bertz CT molecular complexity index is 1020. The standard InChI is InChI=1S/C20H18F2N4O/c21-14-6-3-12(4-7-14)5-8-17-15-10-19(16(22)11-18(15)25-24-17)26(23)20(27)9-13-1-2-13/h3-8,10-11,13H,1-2,9,23H2,(H,24,25)/b8-5+. The highest BCUT2D eigenvalue weighted by Crippen LogP contribution is 2.34. The molecule has 1 aliphatic carbocycles. The number of hydrazine groups is 1. The third-order valence-corrected chi connectivity index (χ3v) is 4.65. The minimum absolute atomic E-state index is 0.0194. The van der Waals surface area contributed by atoms with Gasteiger partial charge in [-0.15, -0.1) is 0 Å². The number of aromatic amines is 1. The third-order valence-electron chi connectivity index (χ3n) is 4.65. The molecule has 1 amide bonds. The van der Waals surface area contributed by atoms with Gasteiger partial charge in [-0.05, 0) is 48.6 Å². The highest BCUT2D eigenvalue weighted by molar-refractivity contribution is 5.97. The first-order valence-corrected chi connectivity index (χ1v) is 8.70. The molecule has 3 aromatic rings. The molecule has 0 spiro atoms. The Morgan fingerprint density at radius 2 is 1.96 bits per heavy atom. The highest BCUT2D eigenvalue weighted by atomic mass is 19.1. The molecule has 0 unspecified atom stereocenters. The minimum atomic E-state index is -0.591. The molecule has 5 nitrogen and oxygen atoms in total. The summed E-state index contributed by atoms with van der Waals surface area (Å²) >= 11 is 0. The van der Waals surface area contributed by atoms with E-state index in [1.165, 1.54) is 24.3 Å². The lowest BCUT2D eigenvalue weighted by Crippen LogP contribution is -2.38. The largest absolute Gasteiger partial charge is 0.277 e.